The van der Waals surface area contributed by atoms with Crippen molar-refractivity contribution in [1.29, 1.82) is 0 Å². The van der Waals surface area contributed by atoms with Gasteiger partial charge in [0, 0.05) is 13.1 Å². The lowest BCUT2D eigenvalue weighted by Crippen LogP contribution is -2.63. The molecule has 1 fully saturated rings. The molecule has 0 unspecified atom stereocenters. The van der Waals surface area contributed by atoms with Crippen molar-refractivity contribution in [3.05, 3.63) is 16.3 Å². The van der Waals surface area contributed by atoms with Crippen LogP contribution < -0.4 is 10.1 Å². The Balaban J connectivity index is 2.31. The summed E-state index contributed by atoms with van der Waals surface area (Å²) >= 11 is 1.33. The van der Waals surface area contributed by atoms with Gasteiger partial charge in [-0.3, -0.25) is 9.59 Å². The van der Waals surface area contributed by atoms with Crippen LogP contribution >= 0.6 is 11.3 Å². The minimum atomic E-state index is -0.829. The Kier molecular flexibility index (Phi) is 3.30. The summed E-state index contributed by atoms with van der Waals surface area (Å²) in [6, 6.07) is 1.76. The van der Waals surface area contributed by atoms with E-state index < -0.39 is 5.54 Å². The molecule has 2 amide bonds. The van der Waals surface area contributed by atoms with E-state index in [0.717, 1.165) is 0 Å². The average molecular weight is 268 g/mol. The zero-order valence-corrected chi connectivity index (χ0v) is 11.5. The molecule has 0 atom stereocenters. The molecule has 0 spiro atoms. The number of ether oxygens (including phenoxy) is 1. The van der Waals surface area contributed by atoms with Gasteiger partial charge in [-0.05, 0) is 25.3 Å². The minimum absolute atomic E-state index is 0.127. The van der Waals surface area contributed by atoms with E-state index in [1.807, 2.05) is 5.38 Å². The van der Waals surface area contributed by atoms with Crippen molar-refractivity contribution in [3.63, 3.8) is 0 Å². The highest BCUT2D eigenvalue weighted by Crippen LogP contribution is 2.29. The van der Waals surface area contributed by atoms with Gasteiger partial charge in [-0.2, -0.15) is 0 Å². The van der Waals surface area contributed by atoms with Crippen LogP contribution in [0.3, 0.4) is 0 Å². The molecule has 5 nitrogen and oxygen atoms in total. The third kappa shape index (κ3) is 1.96. The number of nitrogens with zero attached hydrogens (tertiary/aromatic N) is 1. The molecule has 2 rings (SSSR count). The first kappa shape index (κ1) is 12.9. The third-order valence-corrected chi connectivity index (χ3v) is 4.02. The van der Waals surface area contributed by atoms with E-state index in [-0.39, 0.29) is 11.8 Å². The summed E-state index contributed by atoms with van der Waals surface area (Å²) in [5.41, 5.74) is -0.829. The van der Waals surface area contributed by atoms with E-state index in [1.54, 1.807) is 24.8 Å². The molecule has 0 radical (unpaired) electrons. The van der Waals surface area contributed by atoms with Gasteiger partial charge in [0.2, 0.25) is 5.91 Å². The van der Waals surface area contributed by atoms with Crippen LogP contribution in [0.4, 0.5) is 0 Å². The van der Waals surface area contributed by atoms with Crippen LogP contribution in [0, 0.1) is 0 Å². The standard InChI is InChI=1S/C12H16N2O3S/c1-12(2)11(16)13-5-6-14(12)10(15)9-8(17-3)4-7-18-9/h4,7H,5-6H2,1-3H3,(H,13,16). The summed E-state index contributed by atoms with van der Waals surface area (Å²) in [6.07, 6.45) is 0. The maximum absolute atomic E-state index is 12.5. The van der Waals surface area contributed by atoms with Crippen molar-refractivity contribution in [2.75, 3.05) is 20.2 Å². The number of hydrogen-bond acceptors (Lipinski definition) is 4. The first-order chi connectivity index (χ1) is 8.48. The van der Waals surface area contributed by atoms with Crippen LogP contribution in [-0.4, -0.2) is 42.5 Å². The number of piperazine rings is 1. The molecule has 0 saturated carbocycles. The molecule has 1 aliphatic rings. The molecule has 1 aromatic heterocycles. The van der Waals surface area contributed by atoms with Crippen molar-refractivity contribution in [2.45, 2.75) is 19.4 Å². The number of thiophene rings is 1. The number of rotatable bonds is 2. The smallest absolute Gasteiger partial charge is 0.268 e. The molecule has 1 saturated heterocycles. The normalized spacial score (nSPS) is 18.4. The Labute approximate surface area is 110 Å². The van der Waals surface area contributed by atoms with Crippen LogP contribution in [0.25, 0.3) is 0 Å². The van der Waals surface area contributed by atoms with Crippen molar-refractivity contribution in [3.8, 4) is 5.75 Å². The van der Waals surface area contributed by atoms with E-state index in [1.165, 1.54) is 18.4 Å². The summed E-state index contributed by atoms with van der Waals surface area (Å²) in [5, 5.41) is 4.58. The summed E-state index contributed by atoms with van der Waals surface area (Å²) < 4.78 is 5.15. The summed E-state index contributed by atoms with van der Waals surface area (Å²) in [4.78, 5) is 26.4. The Bertz CT molecular complexity index is 481. The number of amides is 2. The molecule has 1 aliphatic heterocycles. The van der Waals surface area contributed by atoms with E-state index in [0.29, 0.717) is 23.7 Å². The van der Waals surface area contributed by atoms with Crippen LogP contribution in [0.15, 0.2) is 11.4 Å². The summed E-state index contributed by atoms with van der Waals surface area (Å²) in [6.45, 7) is 4.50. The van der Waals surface area contributed by atoms with Crippen molar-refractivity contribution in [1.82, 2.24) is 10.2 Å². The van der Waals surface area contributed by atoms with Gasteiger partial charge in [0.05, 0.1) is 7.11 Å². The Morgan fingerprint density at radius 1 is 1.56 bits per heavy atom. The van der Waals surface area contributed by atoms with Crippen molar-refractivity contribution in [2.24, 2.45) is 0 Å². The predicted molar refractivity (Wildman–Crippen MR) is 69.0 cm³/mol. The lowest BCUT2D eigenvalue weighted by molar-refractivity contribution is -0.133. The van der Waals surface area contributed by atoms with E-state index in [4.69, 9.17) is 4.74 Å². The third-order valence-electron chi connectivity index (χ3n) is 3.14. The maximum atomic E-state index is 12.5. The fraction of sp³-hybridized carbons (Fsp3) is 0.500. The van der Waals surface area contributed by atoms with Gasteiger partial charge >= 0.3 is 0 Å². The Hall–Kier alpha value is -1.56. The number of hydrogen-bond donors (Lipinski definition) is 1. The number of methoxy groups -OCH3 is 1. The Morgan fingerprint density at radius 2 is 2.28 bits per heavy atom. The fourth-order valence-corrected chi connectivity index (χ4v) is 2.80. The molecule has 2 heterocycles. The van der Waals surface area contributed by atoms with Gasteiger partial charge in [-0.15, -0.1) is 11.3 Å². The van der Waals surface area contributed by atoms with Gasteiger partial charge in [0.25, 0.3) is 5.91 Å². The summed E-state index contributed by atoms with van der Waals surface area (Å²) in [5.74, 6) is 0.283. The van der Waals surface area contributed by atoms with E-state index >= 15 is 0 Å². The largest absolute Gasteiger partial charge is 0.495 e. The lowest BCUT2D eigenvalue weighted by atomic mass is 9.98. The quantitative estimate of drug-likeness (QED) is 0.874. The molecule has 0 aromatic carbocycles. The molecule has 0 bridgehead atoms. The van der Waals surface area contributed by atoms with Gasteiger partial charge in [-0.1, -0.05) is 0 Å². The predicted octanol–water partition coefficient (Wildman–Crippen LogP) is 1.11. The monoisotopic (exact) mass is 268 g/mol. The molecule has 0 aliphatic carbocycles. The summed E-state index contributed by atoms with van der Waals surface area (Å²) in [7, 11) is 1.53. The van der Waals surface area contributed by atoms with Crippen LogP contribution in [-0.2, 0) is 4.79 Å². The second-order valence-corrected chi connectivity index (χ2v) is 5.51. The number of carbonyl (C=O) groups excluding carboxylic acids is 2. The van der Waals surface area contributed by atoms with Crippen LogP contribution in [0.2, 0.25) is 0 Å². The highest BCUT2D eigenvalue weighted by molar-refractivity contribution is 7.12. The highest BCUT2D eigenvalue weighted by Gasteiger charge is 2.41. The van der Waals surface area contributed by atoms with Gasteiger partial charge in [0.1, 0.15) is 16.2 Å². The molecule has 1 N–H and O–H groups in total. The Morgan fingerprint density at radius 3 is 2.94 bits per heavy atom. The van der Waals surface area contributed by atoms with Crippen LogP contribution in [0.5, 0.6) is 5.75 Å². The van der Waals surface area contributed by atoms with Gasteiger partial charge < -0.3 is 15.0 Å². The molecule has 6 heteroatoms. The van der Waals surface area contributed by atoms with E-state index in [2.05, 4.69) is 5.32 Å². The molecule has 98 valence electrons. The topological polar surface area (TPSA) is 58.6 Å². The number of carbonyl (C=O) groups is 2. The van der Waals surface area contributed by atoms with Crippen LogP contribution in [0.1, 0.15) is 23.5 Å². The zero-order valence-electron chi connectivity index (χ0n) is 10.6. The first-order valence-corrected chi connectivity index (χ1v) is 6.58. The number of nitrogens with one attached hydrogen (secondary N) is 1. The molecule has 18 heavy (non-hydrogen) atoms. The molecule has 1 aromatic rings. The molecular formula is C12H16N2O3S. The van der Waals surface area contributed by atoms with Gasteiger partial charge in [0.15, 0.2) is 0 Å². The maximum Gasteiger partial charge on any atom is 0.268 e. The lowest BCUT2D eigenvalue weighted by Gasteiger charge is -2.40. The van der Waals surface area contributed by atoms with E-state index in [9.17, 15) is 9.59 Å². The second-order valence-electron chi connectivity index (χ2n) is 4.59. The molecular weight excluding hydrogens is 252 g/mol. The van der Waals surface area contributed by atoms with Crippen molar-refractivity contribution >= 4 is 23.2 Å². The first-order valence-electron chi connectivity index (χ1n) is 5.70. The fourth-order valence-electron chi connectivity index (χ4n) is 1.99. The van der Waals surface area contributed by atoms with Gasteiger partial charge in [-0.25, -0.2) is 0 Å². The van der Waals surface area contributed by atoms with Crippen molar-refractivity contribution < 1.29 is 14.3 Å². The minimum Gasteiger partial charge on any atom is -0.495 e. The zero-order chi connectivity index (χ0) is 13.3. The highest BCUT2D eigenvalue weighted by atomic mass is 32.1. The average Bonchev–Trinajstić information content (AvgIpc) is 2.80. The SMILES string of the molecule is COc1ccsc1C(=O)N1CCNC(=O)C1(C)C. The second kappa shape index (κ2) is 4.61.